The Hall–Kier alpha value is -2.24. The summed E-state index contributed by atoms with van der Waals surface area (Å²) >= 11 is 0. The van der Waals surface area contributed by atoms with Gasteiger partial charge in [-0.1, -0.05) is 5.16 Å². The molecule has 0 aliphatic heterocycles. The van der Waals surface area contributed by atoms with Crippen molar-refractivity contribution in [3.63, 3.8) is 0 Å². The molecular formula is C10H5F2NO3. The predicted octanol–water partition coefficient (Wildman–Crippen LogP) is 2.32. The van der Waals surface area contributed by atoms with Crippen LogP contribution in [-0.2, 0) is 0 Å². The summed E-state index contributed by atoms with van der Waals surface area (Å²) in [5.41, 5.74) is 0.185. The van der Waals surface area contributed by atoms with Gasteiger partial charge in [0.2, 0.25) is 5.76 Å². The van der Waals surface area contributed by atoms with Crippen molar-refractivity contribution in [2.75, 3.05) is 0 Å². The van der Waals surface area contributed by atoms with Crippen LogP contribution < -0.4 is 0 Å². The first-order chi connectivity index (χ1) is 7.56. The van der Waals surface area contributed by atoms with Crippen molar-refractivity contribution < 1.29 is 23.2 Å². The van der Waals surface area contributed by atoms with Crippen LogP contribution in [0.2, 0.25) is 0 Å². The molecule has 2 rings (SSSR count). The number of nitrogens with zero attached hydrogens (tertiary/aromatic N) is 1. The third-order valence-electron chi connectivity index (χ3n) is 1.88. The van der Waals surface area contributed by atoms with Crippen molar-refractivity contribution in [3.8, 4) is 11.3 Å². The Morgan fingerprint density at radius 1 is 1.19 bits per heavy atom. The molecule has 82 valence electrons. The van der Waals surface area contributed by atoms with E-state index in [9.17, 15) is 13.6 Å². The van der Waals surface area contributed by atoms with E-state index in [0.717, 1.165) is 18.2 Å². The molecule has 1 N–H and O–H groups in total. The van der Waals surface area contributed by atoms with Crippen molar-refractivity contribution in [3.05, 3.63) is 41.7 Å². The van der Waals surface area contributed by atoms with Crippen LogP contribution in [0, 0.1) is 11.6 Å². The van der Waals surface area contributed by atoms with Gasteiger partial charge in [-0.25, -0.2) is 13.6 Å². The Morgan fingerprint density at radius 3 is 2.31 bits per heavy atom. The largest absolute Gasteiger partial charge is 0.475 e. The number of halogens is 2. The normalized spacial score (nSPS) is 10.4. The summed E-state index contributed by atoms with van der Waals surface area (Å²) in [6.45, 7) is 0. The van der Waals surface area contributed by atoms with E-state index < -0.39 is 17.6 Å². The first kappa shape index (κ1) is 10.3. The van der Waals surface area contributed by atoms with Gasteiger partial charge in [-0.05, 0) is 12.1 Å². The zero-order valence-corrected chi connectivity index (χ0v) is 7.78. The van der Waals surface area contributed by atoms with Crippen LogP contribution in [0.3, 0.4) is 0 Å². The summed E-state index contributed by atoms with van der Waals surface area (Å²) in [7, 11) is 0. The minimum Gasteiger partial charge on any atom is -0.475 e. The van der Waals surface area contributed by atoms with Gasteiger partial charge in [0.05, 0.1) is 0 Å². The molecule has 0 saturated heterocycles. The third-order valence-corrected chi connectivity index (χ3v) is 1.88. The maximum Gasteiger partial charge on any atom is 0.374 e. The van der Waals surface area contributed by atoms with Gasteiger partial charge >= 0.3 is 5.97 Å². The average molecular weight is 225 g/mol. The van der Waals surface area contributed by atoms with Gasteiger partial charge in [0.25, 0.3) is 0 Å². The topological polar surface area (TPSA) is 63.3 Å². The molecule has 16 heavy (non-hydrogen) atoms. The molecule has 0 aliphatic carbocycles. The summed E-state index contributed by atoms with van der Waals surface area (Å²) in [5.74, 6) is -3.22. The fourth-order valence-corrected chi connectivity index (χ4v) is 1.21. The number of benzene rings is 1. The van der Waals surface area contributed by atoms with Gasteiger partial charge in [-0.15, -0.1) is 0 Å². The van der Waals surface area contributed by atoms with E-state index in [0.29, 0.717) is 6.07 Å². The summed E-state index contributed by atoms with van der Waals surface area (Å²) in [6, 6.07) is 3.87. The number of aromatic nitrogens is 1. The van der Waals surface area contributed by atoms with Crippen molar-refractivity contribution in [1.82, 2.24) is 5.16 Å². The molecule has 0 radical (unpaired) electrons. The minimum absolute atomic E-state index is 0.0656. The number of carbonyl (C=O) groups is 1. The van der Waals surface area contributed by atoms with Gasteiger partial charge in [0.1, 0.15) is 17.3 Å². The molecule has 0 aliphatic rings. The molecule has 0 fully saturated rings. The van der Waals surface area contributed by atoms with Crippen LogP contribution in [-0.4, -0.2) is 16.2 Å². The van der Waals surface area contributed by atoms with Crippen LogP contribution in [0.1, 0.15) is 10.6 Å². The highest BCUT2D eigenvalue weighted by molar-refractivity contribution is 5.85. The number of hydrogen-bond donors (Lipinski definition) is 1. The molecule has 2 aromatic rings. The van der Waals surface area contributed by atoms with E-state index in [4.69, 9.17) is 5.11 Å². The highest BCUT2D eigenvalue weighted by atomic mass is 19.1. The molecule has 6 heteroatoms. The van der Waals surface area contributed by atoms with Gasteiger partial charge in [-0.3, -0.25) is 0 Å². The Bertz CT molecular complexity index is 530. The number of rotatable bonds is 2. The summed E-state index contributed by atoms with van der Waals surface area (Å²) in [6.07, 6.45) is 0. The van der Waals surface area contributed by atoms with Crippen LogP contribution in [0.4, 0.5) is 8.78 Å². The Balaban J connectivity index is 2.46. The maximum atomic E-state index is 12.9. The fraction of sp³-hybridized carbons (Fsp3) is 0. The summed E-state index contributed by atoms with van der Waals surface area (Å²) in [4.78, 5) is 10.5. The van der Waals surface area contributed by atoms with Crippen LogP contribution in [0.5, 0.6) is 0 Å². The van der Waals surface area contributed by atoms with Crippen LogP contribution >= 0.6 is 0 Å². The third kappa shape index (κ3) is 1.90. The van der Waals surface area contributed by atoms with Crippen molar-refractivity contribution in [2.24, 2.45) is 0 Å². The molecular weight excluding hydrogens is 220 g/mol. The lowest BCUT2D eigenvalue weighted by molar-refractivity contribution is 0.0652. The van der Waals surface area contributed by atoms with Crippen molar-refractivity contribution in [1.29, 1.82) is 0 Å². The monoisotopic (exact) mass is 225 g/mol. The lowest BCUT2D eigenvalue weighted by atomic mass is 10.1. The fourth-order valence-electron chi connectivity index (χ4n) is 1.21. The maximum absolute atomic E-state index is 12.9. The number of aromatic carboxylic acids is 1. The molecule has 0 amide bonds. The predicted molar refractivity (Wildman–Crippen MR) is 48.8 cm³/mol. The van der Waals surface area contributed by atoms with Crippen molar-refractivity contribution >= 4 is 5.97 Å². The molecule has 1 heterocycles. The number of carboxylic acid groups (broad SMARTS) is 1. The zero-order valence-electron chi connectivity index (χ0n) is 7.78. The van der Waals surface area contributed by atoms with Gasteiger partial charge in [0, 0.05) is 17.7 Å². The van der Waals surface area contributed by atoms with E-state index in [2.05, 4.69) is 9.68 Å². The molecule has 4 nitrogen and oxygen atoms in total. The lowest BCUT2D eigenvalue weighted by Gasteiger charge is -1.95. The molecule has 0 atom stereocenters. The van der Waals surface area contributed by atoms with Crippen molar-refractivity contribution in [2.45, 2.75) is 0 Å². The van der Waals surface area contributed by atoms with Gasteiger partial charge in [0.15, 0.2) is 0 Å². The second-order valence-corrected chi connectivity index (χ2v) is 3.04. The summed E-state index contributed by atoms with van der Waals surface area (Å²) < 4.78 is 30.2. The smallest absolute Gasteiger partial charge is 0.374 e. The SMILES string of the molecule is O=C(O)c1cc(-c2cc(F)cc(F)c2)no1. The standard InChI is InChI=1S/C10H5F2NO3/c11-6-1-5(2-7(12)3-6)8-4-9(10(14)15)16-13-8/h1-4H,(H,14,15). The molecule has 1 aromatic heterocycles. The first-order valence-corrected chi connectivity index (χ1v) is 4.23. The minimum atomic E-state index is -1.30. The van der Waals surface area contributed by atoms with Crippen LogP contribution in [0.15, 0.2) is 28.8 Å². The lowest BCUT2D eigenvalue weighted by Crippen LogP contribution is -1.91. The summed E-state index contributed by atoms with van der Waals surface area (Å²) in [5, 5.41) is 12.0. The second kappa shape index (κ2) is 3.73. The van der Waals surface area contributed by atoms with E-state index in [-0.39, 0.29) is 17.0 Å². The number of carboxylic acids is 1. The Labute approximate surface area is 88.1 Å². The van der Waals surface area contributed by atoms with Gasteiger partial charge in [-0.2, -0.15) is 0 Å². The van der Waals surface area contributed by atoms with E-state index in [1.165, 1.54) is 0 Å². The molecule has 0 unspecified atom stereocenters. The van der Waals surface area contributed by atoms with E-state index in [1.807, 2.05) is 0 Å². The van der Waals surface area contributed by atoms with Gasteiger partial charge < -0.3 is 9.63 Å². The average Bonchev–Trinajstić information content (AvgIpc) is 2.64. The van der Waals surface area contributed by atoms with Crippen LogP contribution in [0.25, 0.3) is 11.3 Å². The quantitative estimate of drug-likeness (QED) is 0.851. The van der Waals surface area contributed by atoms with E-state index in [1.54, 1.807) is 0 Å². The molecule has 0 spiro atoms. The zero-order chi connectivity index (χ0) is 11.7. The molecule has 0 saturated carbocycles. The first-order valence-electron chi connectivity index (χ1n) is 4.23. The molecule has 1 aromatic carbocycles. The highest BCUT2D eigenvalue weighted by Crippen LogP contribution is 2.21. The number of hydrogen-bond acceptors (Lipinski definition) is 3. The molecule has 0 bridgehead atoms. The Morgan fingerprint density at radius 2 is 1.81 bits per heavy atom. The van der Waals surface area contributed by atoms with E-state index >= 15 is 0 Å². The Kier molecular flexibility index (Phi) is 2.40. The highest BCUT2D eigenvalue weighted by Gasteiger charge is 2.13. The second-order valence-electron chi connectivity index (χ2n) is 3.04.